The van der Waals surface area contributed by atoms with Crippen LogP contribution in [0.4, 0.5) is 0 Å². The van der Waals surface area contributed by atoms with E-state index in [1.807, 2.05) is 0 Å². The van der Waals surface area contributed by atoms with Gasteiger partial charge in [0.05, 0.1) is 20.3 Å². The minimum atomic E-state index is -4.19. The van der Waals surface area contributed by atoms with Crippen molar-refractivity contribution in [1.82, 2.24) is 4.31 Å². The average molecular weight is 464 g/mol. The number of nitrogens with zero attached hydrogens (tertiary/aromatic N) is 1. The van der Waals surface area contributed by atoms with Gasteiger partial charge in [0.15, 0.2) is 5.25 Å². The van der Waals surface area contributed by atoms with Crippen molar-refractivity contribution in [3.8, 4) is 11.5 Å². The summed E-state index contributed by atoms with van der Waals surface area (Å²) >= 11 is 0. The highest BCUT2D eigenvalue weighted by atomic mass is 32.2. The van der Waals surface area contributed by atoms with E-state index in [9.17, 15) is 18.3 Å². The van der Waals surface area contributed by atoms with Crippen molar-refractivity contribution in [1.29, 1.82) is 0 Å². The molecule has 0 saturated carbocycles. The quantitative estimate of drug-likeness (QED) is 0.546. The van der Waals surface area contributed by atoms with Crippen molar-refractivity contribution in [3.63, 3.8) is 0 Å². The lowest BCUT2D eigenvalue weighted by molar-refractivity contribution is -0.137. The summed E-state index contributed by atoms with van der Waals surface area (Å²) in [5.74, 6) is -0.0600. The molecule has 1 saturated heterocycles. The predicted molar refractivity (Wildman–Crippen MR) is 119 cm³/mol. The summed E-state index contributed by atoms with van der Waals surface area (Å²) in [6, 6.07) is 14.1. The van der Waals surface area contributed by atoms with Crippen LogP contribution in [0.3, 0.4) is 0 Å². The Morgan fingerprint density at radius 3 is 1.91 bits per heavy atom. The Kier molecular flexibility index (Phi) is 8.11. The minimum Gasteiger partial charge on any atom is -0.497 e. The lowest BCUT2D eigenvalue weighted by atomic mass is 10.1. The summed E-state index contributed by atoms with van der Waals surface area (Å²) in [4.78, 5) is 12.0. The number of carboxylic acids is 1. The number of methoxy groups -OCH3 is 2. The van der Waals surface area contributed by atoms with Crippen molar-refractivity contribution < 1.29 is 32.5 Å². The standard InChI is InChI=1S/C23H29NO7S/c1-29-19-9-5-17(6-10-19)15-24(16-18-7-11-20(30-2)12-8-18)32(27,28)22(23(25)26)14-21-4-3-13-31-21/h5-12,21-22H,3-4,13-16H2,1-2H3,(H,25,26)/t21-,22?/m1/s1. The molecule has 0 aliphatic carbocycles. The van der Waals surface area contributed by atoms with Gasteiger partial charge in [0.25, 0.3) is 0 Å². The molecule has 0 amide bonds. The molecule has 32 heavy (non-hydrogen) atoms. The maximum atomic E-state index is 13.6. The summed E-state index contributed by atoms with van der Waals surface area (Å²) in [5.41, 5.74) is 1.45. The van der Waals surface area contributed by atoms with Crippen LogP contribution in [0, 0.1) is 0 Å². The molecule has 174 valence electrons. The normalized spacial score (nSPS) is 17.3. The van der Waals surface area contributed by atoms with Crippen molar-refractivity contribution in [3.05, 3.63) is 59.7 Å². The van der Waals surface area contributed by atoms with Crippen LogP contribution >= 0.6 is 0 Å². The molecule has 0 aromatic heterocycles. The zero-order valence-electron chi connectivity index (χ0n) is 18.3. The van der Waals surface area contributed by atoms with Gasteiger partial charge in [0.1, 0.15) is 11.5 Å². The number of aliphatic carboxylic acids is 1. The largest absolute Gasteiger partial charge is 0.497 e. The first kappa shape index (κ1) is 24.0. The van der Waals surface area contributed by atoms with E-state index in [1.54, 1.807) is 62.8 Å². The first-order valence-corrected chi connectivity index (χ1v) is 11.9. The van der Waals surface area contributed by atoms with Crippen LogP contribution < -0.4 is 9.47 Å². The molecule has 9 heteroatoms. The number of hydrogen-bond acceptors (Lipinski definition) is 6. The Morgan fingerprint density at radius 2 is 1.53 bits per heavy atom. The maximum absolute atomic E-state index is 13.6. The number of rotatable bonds is 11. The summed E-state index contributed by atoms with van der Waals surface area (Å²) in [6.45, 7) is 0.597. The van der Waals surface area contributed by atoms with Crippen LogP contribution in [0.25, 0.3) is 0 Å². The maximum Gasteiger partial charge on any atom is 0.323 e. The van der Waals surface area contributed by atoms with Gasteiger partial charge in [0.2, 0.25) is 10.0 Å². The second-order valence-corrected chi connectivity index (χ2v) is 9.82. The fourth-order valence-corrected chi connectivity index (χ4v) is 5.43. The van der Waals surface area contributed by atoms with E-state index in [0.29, 0.717) is 24.5 Å². The molecule has 1 N–H and O–H groups in total. The van der Waals surface area contributed by atoms with Crippen molar-refractivity contribution in [2.75, 3.05) is 20.8 Å². The highest BCUT2D eigenvalue weighted by molar-refractivity contribution is 7.90. The molecule has 0 spiro atoms. The second kappa shape index (κ2) is 10.8. The molecule has 8 nitrogen and oxygen atoms in total. The average Bonchev–Trinajstić information content (AvgIpc) is 3.31. The third-order valence-electron chi connectivity index (χ3n) is 5.53. The second-order valence-electron chi connectivity index (χ2n) is 7.71. The van der Waals surface area contributed by atoms with Crippen LogP contribution in [-0.4, -0.2) is 56.0 Å². The molecule has 2 atom stereocenters. The highest BCUT2D eigenvalue weighted by Gasteiger charge is 2.40. The highest BCUT2D eigenvalue weighted by Crippen LogP contribution is 2.26. The molecule has 1 aliphatic heterocycles. The van der Waals surface area contributed by atoms with E-state index in [-0.39, 0.29) is 25.6 Å². The van der Waals surface area contributed by atoms with Crippen molar-refractivity contribution in [2.24, 2.45) is 0 Å². The Bertz CT molecular complexity index is 935. The van der Waals surface area contributed by atoms with Gasteiger partial charge in [-0.3, -0.25) is 4.79 Å². The smallest absolute Gasteiger partial charge is 0.323 e. The topological polar surface area (TPSA) is 102 Å². The fourth-order valence-electron chi connectivity index (χ4n) is 3.70. The molecular formula is C23H29NO7S. The van der Waals surface area contributed by atoms with E-state index in [2.05, 4.69) is 0 Å². The number of carbonyl (C=O) groups is 1. The molecule has 3 rings (SSSR count). The van der Waals surface area contributed by atoms with Crippen LogP contribution in [0.2, 0.25) is 0 Å². The number of ether oxygens (including phenoxy) is 3. The van der Waals surface area contributed by atoms with Crippen LogP contribution in [-0.2, 0) is 32.6 Å². The van der Waals surface area contributed by atoms with Gasteiger partial charge < -0.3 is 19.3 Å². The zero-order chi connectivity index (χ0) is 23.1. The predicted octanol–water partition coefficient (Wildman–Crippen LogP) is 3.06. The number of carboxylic acid groups (broad SMARTS) is 1. The van der Waals surface area contributed by atoms with Crippen LogP contribution in [0.15, 0.2) is 48.5 Å². The van der Waals surface area contributed by atoms with Gasteiger partial charge >= 0.3 is 5.97 Å². The molecule has 1 heterocycles. The van der Waals surface area contributed by atoms with Crippen LogP contribution in [0.1, 0.15) is 30.4 Å². The van der Waals surface area contributed by atoms with Crippen molar-refractivity contribution >= 4 is 16.0 Å². The molecule has 2 aromatic carbocycles. The number of hydrogen-bond donors (Lipinski definition) is 1. The number of benzene rings is 2. The lowest BCUT2D eigenvalue weighted by Gasteiger charge is -2.27. The van der Waals surface area contributed by atoms with E-state index in [1.165, 1.54) is 4.31 Å². The van der Waals surface area contributed by atoms with Gasteiger partial charge in [-0.25, -0.2) is 8.42 Å². The summed E-state index contributed by atoms with van der Waals surface area (Å²) in [5, 5.41) is 8.21. The van der Waals surface area contributed by atoms with Gasteiger partial charge in [-0.15, -0.1) is 0 Å². The van der Waals surface area contributed by atoms with E-state index in [0.717, 1.165) is 17.5 Å². The van der Waals surface area contributed by atoms with Crippen molar-refractivity contribution in [2.45, 2.75) is 43.7 Å². The van der Waals surface area contributed by atoms with E-state index < -0.39 is 21.2 Å². The molecular weight excluding hydrogens is 434 g/mol. The molecule has 1 aliphatic rings. The van der Waals surface area contributed by atoms with Gasteiger partial charge in [-0.2, -0.15) is 4.31 Å². The minimum absolute atomic E-state index is 0.0354. The van der Waals surface area contributed by atoms with E-state index >= 15 is 0 Å². The van der Waals surface area contributed by atoms with E-state index in [4.69, 9.17) is 14.2 Å². The SMILES string of the molecule is COc1ccc(CN(Cc2ccc(OC)cc2)S(=O)(=O)C(C[C@H]2CCCO2)C(=O)O)cc1. The Labute approximate surface area is 188 Å². The first-order valence-electron chi connectivity index (χ1n) is 10.4. The summed E-state index contributed by atoms with van der Waals surface area (Å²) < 4.78 is 44.2. The fraction of sp³-hybridized carbons (Fsp3) is 0.435. The molecule has 0 radical (unpaired) electrons. The summed E-state index contributed by atoms with van der Waals surface area (Å²) in [6.07, 6.45) is 1.03. The Balaban J connectivity index is 1.90. The molecule has 1 fully saturated rings. The molecule has 0 bridgehead atoms. The van der Waals surface area contributed by atoms with Gasteiger partial charge in [0, 0.05) is 26.1 Å². The van der Waals surface area contributed by atoms with Gasteiger partial charge in [-0.1, -0.05) is 24.3 Å². The van der Waals surface area contributed by atoms with Gasteiger partial charge in [-0.05, 0) is 48.2 Å². The number of sulfonamides is 1. The molecule has 2 aromatic rings. The Hall–Kier alpha value is -2.62. The lowest BCUT2D eigenvalue weighted by Crippen LogP contribution is -2.43. The van der Waals surface area contributed by atoms with Crippen LogP contribution in [0.5, 0.6) is 11.5 Å². The summed E-state index contributed by atoms with van der Waals surface area (Å²) in [7, 11) is -1.08. The monoisotopic (exact) mass is 463 g/mol. The first-order chi connectivity index (χ1) is 15.3. The molecule has 1 unspecified atom stereocenters. The third kappa shape index (κ3) is 5.99. The zero-order valence-corrected chi connectivity index (χ0v) is 19.1. The third-order valence-corrected chi connectivity index (χ3v) is 7.62. The Morgan fingerprint density at radius 1 is 1.03 bits per heavy atom.